The van der Waals surface area contributed by atoms with Crippen molar-refractivity contribution in [2.24, 2.45) is 0 Å². The molecule has 1 aliphatic rings. The highest BCUT2D eigenvalue weighted by Gasteiger charge is 2.12. The summed E-state index contributed by atoms with van der Waals surface area (Å²) < 4.78 is 5.49. The molecular formula is C22H20O2S. The summed E-state index contributed by atoms with van der Waals surface area (Å²) in [6.07, 6.45) is 3.60. The van der Waals surface area contributed by atoms with Crippen LogP contribution in [-0.2, 0) is 29.0 Å². The summed E-state index contributed by atoms with van der Waals surface area (Å²) >= 11 is 1.56. The van der Waals surface area contributed by atoms with Crippen LogP contribution in [0, 0.1) is 0 Å². The second-order valence-electron chi connectivity index (χ2n) is 6.37. The number of carbonyl (C=O) groups is 1. The van der Waals surface area contributed by atoms with E-state index in [4.69, 9.17) is 4.74 Å². The molecule has 0 saturated heterocycles. The number of hydrogen-bond acceptors (Lipinski definition) is 3. The van der Waals surface area contributed by atoms with Crippen LogP contribution in [0.2, 0.25) is 0 Å². The van der Waals surface area contributed by atoms with E-state index in [1.807, 2.05) is 24.3 Å². The molecular weight excluding hydrogens is 328 g/mol. The molecule has 0 bridgehead atoms. The van der Waals surface area contributed by atoms with Gasteiger partial charge in [-0.3, -0.25) is 4.79 Å². The number of rotatable bonds is 5. The summed E-state index contributed by atoms with van der Waals surface area (Å²) in [5.41, 5.74) is 3.95. The molecule has 0 radical (unpaired) electrons. The highest BCUT2D eigenvalue weighted by molar-refractivity contribution is 8.00. The van der Waals surface area contributed by atoms with Gasteiger partial charge in [0.2, 0.25) is 0 Å². The van der Waals surface area contributed by atoms with Gasteiger partial charge in [-0.1, -0.05) is 48.5 Å². The lowest BCUT2D eigenvalue weighted by Crippen LogP contribution is -2.07. The van der Waals surface area contributed by atoms with Crippen molar-refractivity contribution in [2.45, 2.75) is 30.8 Å². The van der Waals surface area contributed by atoms with E-state index in [-0.39, 0.29) is 5.97 Å². The Balaban J connectivity index is 1.35. The van der Waals surface area contributed by atoms with E-state index in [1.54, 1.807) is 11.8 Å². The lowest BCUT2D eigenvalue weighted by Gasteiger charge is -2.08. The van der Waals surface area contributed by atoms with E-state index >= 15 is 0 Å². The standard InChI is InChI=1S/C22H20O2S/c23-22(15-25-20-12-11-16-6-3-8-18(16)13-20)24-14-19-9-4-7-17-5-1-2-10-21(17)19/h1-2,4-5,7,9-13H,3,6,8,14-15H2. The molecule has 0 atom stereocenters. The molecule has 2 nitrogen and oxygen atoms in total. The summed E-state index contributed by atoms with van der Waals surface area (Å²) in [4.78, 5) is 13.3. The largest absolute Gasteiger partial charge is 0.460 e. The fraction of sp³-hybridized carbons (Fsp3) is 0.227. The number of fused-ring (bicyclic) bond motifs is 2. The molecule has 4 rings (SSSR count). The van der Waals surface area contributed by atoms with Crippen LogP contribution in [0.25, 0.3) is 10.8 Å². The molecule has 0 N–H and O–H groups in total. The Morgan fingerprint density at radius 2 is 1.80 bits per heavy atom. The summed E-state index contributed by atoms with van der Waals surface area (Å²) in [5.74, 6) is 0.183. The zero-order valence-corrected chi connectivity index (χ0v) is 14.9. The zero-order chi connectivity index (χ0) is 17.1. The maximum Gasteiger partial charge on any atom is 0.316 e. The van der Waals surface area contributed by atoms with Crippen LogP contribution < -0.4 is 0 Å². The third-order valence-electron chi connectivity index (χ3n) is 4.70. The topological polar surface area (TPSA) is 26.3 Å². The monoisotopic (exact) mass is 348 g/mol. The molecule has 1 aliphatic carbocycles. The Kier molecular flexibility index (Phi) is 4.75. The van der Waals surface area contributed by atoms with Crippen LogP contribution in [0.15, 0.2) is 65.6 Å². The van der Waals surface area contributed by atoms with Crippen molar-refractivity contribution >= 4 is 28.5 Å². The minimum Gasteiger partial charge on any atom is -0.460 e. The number of esters is 1. The minimum absolute atomic E-state index is 0.168. The third kappa shape index (κ3) is 3.72. The first-order chi connectivity index (χ1) is 12.3. The maximum atomic E-state index is 12.1. The average molecular weight is 348 g/mol. The van der Waals surface area contributed by atoms with Gasteiger partial charge in [0.15, 0.2) is 0 Å². The fourth-order valence-electron chi connectivity index (χ4n) is 3.40. The SMILES string of the molecule is O=C(CSc1ccc2c(c1)CCC2)OCc1cccc2ccccc12. The first-order valence-corrected chi connectivity index (χ1v) is 9.65. The lowest BCUT2D eigenvalue weighted by molar-refractivity contribution is -0.141. The van der Waals surface area contributed by atoms with Crippen LogP contribution in [0.1, 0.15) is 23.1 Å². The van der Waals surface area contributed by atoms with Gasteiger partial charge in [-0.25, -0.2) is 0 Å². The summed E-state index contributed by atoms with van der Waals surface area (Å²) in [5, 5.41) is 2.31. The lowest BCUT2D eigenvalue weighted by atomic mass is 10.1. The number of thioether (sulfide) groups is 1. The molecule has 0 aromatic heterocycles. The molecule has 25 heavy (non-hydrogen) atoms. The highest BCUT2D eigenvalue weighted by atomic mass is 32.2. The molecule has 126 valence electrons. The Bertz CT molecular complexity index is 912. The predicted octanol–water partition coefficient (Wildman–Crippen LogP) is 5.16. The molecule has 3 heteroatoms. The van der Waals surface area contributed by atoms with E-state index in [2.05, 4.69) is 36.4 Å². The van der Waals surface area contributed by atoms with Crippen molar-refractivity contribution in [3.8, 4) is 0 Å². The number of aryl methyl sites for hydroxylation is 2. The number of benzene rings is 3. The smallest absolute Gasteiger partial charge is 0.316 e. The van der Waals surface area contributed by atoms with Gasteiger partial charge >= 0.3 is 5.97 Å². The van der Waals surface area contributed by atoms with Gasteiger partial charge in [-0.05, 0) is 58.9 Å². The minimum atomic E-state index is -0.168. The molecule has 3 aromatic rings. The van der Waals surface area contributed by atoms with Gasteiger partial charge in [0, 0.05) is 4.90 Å². The Morgan fingerprint density at radius 3 is 2.76 bits per heavy atom. The first kappa shape index (κ1) is 16.2. The average Bonchev–Trinajstić information content (AvgIpc) is 3.12. The molecule has 0 saturated carbocycles. The van der Waals surface area contributed by atoms with Gasteiger partial charge in [-0.15, -0.1) is 11.8 Å². The van der Waals surface area contributed by atoms with Gasteiger partial charge in [0.1, 0.15) is 6.61 Å². The fourth-order valence-corrected chi connectivity index (χ4v) is 4.16. The van der Waals surface area contributed by atoms with Crippen molar-refractivity contribution in [1.82, 2.24) is 0 Å². The molecule has 3 aromatic carbocycles. The molecule has 0 aliphatic heterocycles. The second-order valence-corrected chi connectivity index (χ2v) is 7.42. The van der Waals surface area contributed by atoms with E-state index in [0.29, 0.717) is 12.4 Å². The van der Waals surface area contributed by atoms with Crippen molar-refractivity contribution in [3.63, 3.8) is 0 Å². The van der Waals surface area contributed by atoms with Crippen LogP contribution in [0.5, 0.6) is 0 Å². The van der Waals surface area contributed by atoms with Gasteiger partial charge in [0.25, 0.3) is 0 Å². The first-order valence-electron chi connectivity index (χ1n) is 8.66. The molecule has 0 heterocycles. The summed E-state index contributed by atoms with van der Waals surface area (Å²) in [6, 6.07) is 20.8. The summed E-state index contributed by atoms with van der Waals surface area (Å²) in [6.45, 7) is 0.324. The van der Waals surface area contributed by atoms with Gasteiger partial charge in [0.05, 0.1) is 5.75 Å². The van der Waals surface area contributed by atoms with E-state index in [0.717, 1.165) is 22.3 Å². The van der Waals surface area contributed by atoms with Crippen molar-refractivity contribution in [3.05, 3.63) is 77.4 Å². The van der Waals surface area contributed by atoms with Crippen LogP contribution in [-0.4, -0.2) is 11.7 Å². The molecule has 0 amide bonds. The van der Waals surface area contributed by atoms with Gasteiger partial charge in [-0.2, -0.15) is 0 Å². The van der Waals surface area contributed by atoms with E-state index < -0.39 is 0 Å². The van der Waals surface area contributed by atoms with Crippen molar-refractivity contribution < 1.29 is 9.53 Å². The number of carbonyl (C=O) groups excluding carboxylic acids is 1. The molecule has 0 fully saturated rings. The van der Waals surface area contributed by atoms with Crippen LogP contribution >= 0.6 is 11.8 Å². The van der Waals surface area contributed by atoms with Crippen molar-refractivity contribution in [1.29, 1.82) is 0 Å². The maximum absolute atomic E-state index is 12.1. The zero-order valence-electron chi connectivity index (χ0n) is 14.0. The van der Waals surface area contributed by atoms with E-state index in [9.17, 15) is 4.79 Å². The van der Waals surface area contributed by atoms with Crippen LogP contribution in [0.3, 0.4) is 0 Å². The summed E-state index contributed by atoms with van der Waals surface area (Å²) in [7, 11) is 0. The van der Waals surface area contributed by atoms with Crippen LogP contribution in [0.4, 0.5) is 0 Å². The molecule has 0 unspecified atom stereocenters. The Labute approximate surface area is 152 Å². The van der Waals surface area contributed by atoms with Crippen molar-refractivity contribution in [2.75, 3.05) is 5.75 Å². The number of ether oxygens (including phenoxy) is 1. The van der Waals surface area contributed by atoms with Gasteiger partial charge < -0.3 is 4.74 Å². The Hall–Kier alpha value is -2.26. The molecule has 0 spiro atoms. The third-order valence-corrected chi connectivity index (χ3v) is 5.66. The number of hydrogen-bond donors (Lipinski definition) is 0. The highest BCUT2D eigenvalue weighted by Crippen LogP contribution is 2.27. The van der Waals surface area contributed by atoms with E-state index in [1.165, 1.54) is 29.4 Å². The quantitative estimate of drug-likeness (QED) is 0.470. The predicted molar refractivity (Wildman–Crippen MR) is 103 cm³/mol. The second kappa shape index (κ2) is 7.32. The normalized spacial score (nSPS) is 13.0. The Morgan fingerprint density at radius 1 is 0.960 bits per heavy atom.